The number of aromatic nitrogens is 3. The van der Waals surface area contributed by atoms with Crippen LogP contribution in [0, 0.1) is 11.6 Å². The van der Waals surface area contributed by atoms with Crippen molar-refractivity contribution < 1.29 is 8.78 Å². The Bertz CT molecular complexity index is 1070. The van der Waals surface area contributed by atoms with E-state index in [1.54, 1.807) is 24.3 Å². The van der Waals surface area contributed by atoms with Crippen LogP contribution in [-0.2, 0) is 13.1 Å². The summed E-state index contributed by atoms with van der Waals surface area (Å²) in [6, 6.07) is 8.88. The number of fused-ring (bicyclic) bond motifs is 3. The monoisotopic (exact) mass is 399 g/mol. The second-order valence-electron chi connectivity index (χ2n) is 6.21. The third-order valence-electron chi connectivity index (χ3n) is 4.40. The van der Waals surface area contributed by atoms with Crippen molar-refractivity contribution in [1.29, 1.82) is 0 Å². The first-order chi connectivity index (χ1) is 13.6. The SMILES string of the molecule is C=CCNCc1nnc2n1-c1ccc(Cl)cc1C(c1c(F)cccc1F)=NC2. The molecule has 3 aromatic rings. The van der Waals surface area contributed by atoms with E-state index in [1.165, 1.54) is 18.2 Å². The predicted molar refractivity (Wildman–Crippen MR) is 104 cm³/mol. The average Bonchev–Trinajstić information content (AvgIpc) is 3.00. The molecule has 1 N–H and O–H groups in total. The van der Waals surface area contributed by atoms with Gasteiger partial charge in [0.1, 0.15) is 18.2 Å². The molecule has 8 heteroatoms. The Hall–Kier alpha value is -2.90. The fourth-order valence-electron chi connectivity index (χ4n) is 3.20. The number of rotatable bonds is 5. The highest BCUT2D eigenvalue weighted by Gasteiger charge is 2.26. The molecule has 142 valence electrons. The molecule has 1 aromatic heterocycles. The van der Waals surface area contributed by atoms with E-state index in [1.807, 2.05) is 4.57 Å². The van der Waals surface area contributed by atoms with Gasteiger partial charge in [0.15, 0.2) is 11.6 Å². The smallest absolute Gasteiger partial charge is 0.159 e. The normalized spacial score (nSPS) is 12.8. The van der Waals surface area contributed by atoms with Crippen molar-refractivity contribution in [3.63, 3.8) is 0 Å². The van der Waals surface area contributed by atoms with Crippen molar-refractivity contribution in [2.24, 2.45) is 4.99 Å². The Kier molecular flexibility index (Phi) is 5.02. The Morgan fingerprint density at radius 2 is 1.96 bits per heavy atom. The lowest BCUT2D eigenvalue weighted by molar-refractivity contribution is 0.579. The zero-order valence-corrected chi connectivity index (χ0v) is 15.5. The molecular formula is C20H16ClF2N5. The van der Waals surface area contributed by atoms with Crippen molar-refractivity contribution in [2.45, 2.75) is 13.1 Å². The molecule has 2 aromatic carbocycles. The third-order valence-corrected chi connectivity index (χ3v) is 4.64. The summed E-state index contributed by atoms with van der Waals surface area (Å²) in [5.41, 5.74) is 1.19. The Balaban J connectivity index is 1.90. The van der Waals surface area contributed by atoms with Crippen molar-refractivity contribution in [3.8, 4) is 5.69 Å². The average molecular weight is 400 g/mol. The minimum atomic E-state index is -0.685. The minimum Gasteiger partial charge on any atom is -0.306 e. The van der Waals surface area contributed by atoms with Crippen LogP contribution >= 0.6 is 11.6 Å². The summed E-state index contributed by atoms with van der Waals surface area (Å²) in [6.07, 6.45) is 1.75. The van der Waals surface area contributed by atoms with Crippen LogP contribution in [0.3, 0.4) is 0 Å². The first kappa shape index (κ1) is 18.5. The van der Waals surface area contributed by atoms with E-state index < -0.39 is 11.6 Å². The summed E-state index contributed by atoms with van der Waals surface area (Å²) >= 11 is 6.20. The molecule has 0 radical (unpaired) electrons. The van der Waals surface area contributed by atoms with Crippen LogP contribution in [-0.4, -0.2) is 27.0 Å². The fraction of sp³-hybridized carbons (Fsp3) is 0.150. The lowest BCUT2D eigenvalue weighted by atomic mass is 9.99. The summed E-state index contributed by atoms with van der Waals surface area (Å²) in [5, 5.41) is 12.1. The van der Waals surface area contributed by atoms with Crippen molar-refractivity contribution in [3.05, 3.63) is 88.5 Å². The van der Waals surface area contributed by atoms with E-state index in [9.17, 15) is 8.78 Å². The molecule has 2 heterocycles. The van der Waals surface area contributed by atoms with Gasteiger partial charge in [0.25, 0.3) is 0 Å². The number of benzene rings is 2. The molecule has 0 bridgehead atoms. The van der Waals surface area contributed by atoms with E-state index >= 15 is 0 Å². The highest BCUT2D eigenvalue weighted by molar-refractivity contribution is 6.31. The number of nitrogens with one attached hydrogen (secondary N) is 1. The van der Waals surface area contributed by atoms with Crippen LogP contribution in [0.2, 0.25) is 5.02 Å². The molecule has 0 atom stereocenters. The van der Waals surface area contributed by atoms with Gasteiger partial charge in [-0.2, -0.15) is 0 Å². The zero-order chi connectivity index (χ0) is 19.7. The molecule has 1 aliphatic rings. The highest BCUT2D eigenvalue weighted by Crippen LogP contribution is 2.29. The molecule has 4 rings (SSSR count). The van der Waals surface area contributed by atoms with Gasteiger partial charge in [-0.1, -0.05) is 23.7 Å². The molecule has 1 aliphatic heterocycles. The van der Waals surface area contributed by atoms with Gasteiger partial charge < -0.3 is 5.32 Å². The number of halogens is 3. The van der Waals surface area contributed by atoms with Gasteiger partial charge in [-0.25, -0.2) is 8.78 Å². The van der Waals surface area contributed by atoms with E-state index in [-0.39, 0.29) is 17.8 Å². The van der Waals surface area contributed by atoms with E-state index in [0.29, 0.717) is 41.0 Å². The fourth-order valence-corrected chi connectivity index (χ4v) is 3.37. The quantitative estimate of drug-likeness (QED) is 0.524. The highest BCUT2D eigenvalue weighted by atomic mass is 35.5. The van der Waals surface area contributed by atoms with E-state index in [4.69, 9.17) is 11.6 Å². The lowest BCUT2D eigenvalue weighted by Crippen LogP contribution is -2.18. The molecule has 0 saturated carbocycles. The summed E-state index contributed by atoms with van der Waals surface area (Å²) in [5.74, 6) is -0.137. The summed E-state index contributed by atoms with van der Waals surface area (Å²) in [4.78, 5) is 4.47. The first-order valence-electron chi connectivity index (χ1n) is 8.64. The lowest BCUT2D eigenvalue weighted by Gasteiger charge is -2.15. The van der Waals surface area contributed by atoms with Gasteiger partial charge in [-0.05, 0) is 30.3 Å². The topological polar surface area (TPSA) is 55.1 Å². The van der Waals surface area contributed by atoms with Crippen LogP contribution in [0.25, 0.3) is 5.69 Å². The number of nitrogens with zero attached hydrogens (tertiary/aromatic N) is 4. The van der Waals surface area contributed by atoms with Crippen LogP contribution in [0.5, 0.6) is 0 Å². The maximum absolute atomic E-state index is 14.5. The third kappa shape index (κ3) is 3.23. The number of hydrogen-bond donors (Lipinski definition) is 1. The largest absolute Gasteiger partial charge is 0.306 e. The van der Waals surface area contributed by atoms with Crippen LogP contribution in [0.1, 0.15) is 22.8 Å². The number of hydrogen-bond acceptors (Lipinski definition) is 4. The van der Waals surface area contributed by atoms with Crippen LogP contribution < -0.4 is 5.32 Å². The molecule has 0 unspecified atom stereocenters. The molecule has 0 aliphatic carbocycles. The number of aliphatic imine (C=N–C) groups is 1. The Morgan fingerprint density at radius 1 is 1.18 bits per heavy atom. The zero-order valence-electron chi connectivity index (χ0n) is 14.8. The Morgan fingerprint density at radius 3 is 2.71 bits per heavy atom. The van der Waals surface area contributed by atoms with Crippen molar-refractivity contribution in [2.75, 3.05) is 6.54 Å². The molecule has 0 fully saturated rings. The predicted octanol–water partition coefficient (Wildman–Crippen LogP) is 3.83. The van der Waals surface area contributed by atoms with Gasteiger partial charge in [0.05, 0.1) is 23.5 Å². The van der Waals surface area contributed by atoms with Gasteiger partial charge in [-0.3, -0.25) is 9.56 Å². The van der Waals surface area contributed by atoms with Crippen LogP contribution in [0.4, 0.5) is 8.78 Å². The minimum absolute atomic E-state index is 0.129. The summed E-state index contributed by atoms with van der Waals surface area (Å²) < 4.78 is 30.8. The Labute approximate surface area is 165 Å². The van der Waals surface area contributed by atoms with E-state index in [2.05, 4.69) is 27.1 Å². The maximum Gasteiger partial charge on any atom is 0.159 e. The molecule has 0 spiro atoms. The van der Waals surface area contributed by atoms with Gasteiger partial charge in [0.2, 0.25) is 0 Å². The second-order valence-corrected chi connectivity index (χ2v) is 6.65. The standard InChI is InChI=1S/C20H16ClF2N5/c1-2-8-24-10-17-26-27-18-11-25-20(19-14(22)4-3-5-15(19)23)13-9-12(21)6-7-16(13)28(17)18/h2-7,9,24H,1,8,10-11H2. The first-order valence-corrected chi connectivity index (χ1v) is 9.02. The van der Waals surface area contributed by atoms with Gasteiger partial charge in [0, 0.05) is 17.1 Å². The molecule has 0 amide bonds. The summed E-state index contributed by atoms with van der Waals surface area (Å²) in [6.45, 7) is 4.86. The molecule has 5 nitrogen and oxygen atoms in total. The maximum atomic E-state index is 14.5. The summed E-state index contributed by atoms with van der Waals surface area (Å²) in [7, 11) is 0. The van der Waals surface area contributed by atoms with Crippen molar-refractivity contribution in [1.82, 2.24) is 20.1 Å². The van der Waals surface area contributed by atoms with Crippen LogP contribution in [0.15, 0.2) is 54.0 Å². The van der Waals surface area contributed by atoms with Gasteiger partial charge in [-0.15, -0.1) is 16.8 Å². The molecule has 28 heavy (non-hydrogen) atoms. The second kappa shape index (κ2) is 7.61. The van der Waals surface area contributed by atoms with E-state index in [0.717, 1.165) is 0 Å². The molecule has 0 saturated heterocycles. The molecular weight excluding hydrogens is 384 g/mol. The van der Waals surface area contributed by atoms with Gasteiger partial charge >= 0.3 is 0 Å². The van der Waals surface area contributed by atoms with Crippen molar-refractivity contribution >= 4 is 17.3 Å².